The average molecular weight is 332 g/mol. The SMILES string of the molecule is Cc1ccc(Br)cc1-c1ccnc(CC2CCCN2)n1. The van der Waals surface area contributed by atoms with Gasteiger partial charge in [0, 0.05) is 28.7 Å². The number of halogens is 1. The summed E-state index contributed by atoms with van der Waals surface area (Å²) in [7, 11) is 0. The highest BCUT2D eigenvalue weighted by atomic mass is 79.9. The molecule has 2 aromatic rings. The molecule has 1 N–H and O–H groups in total. The van der Waals surface area contributed by atoms with Gasteiger partial charge in [0.1, 0.15) is 5.82 Å². The van der Waals surface area contributed by atoms with Crippen LogP contribution in [0.3, 0.4) is 0 Å². The highest BCUT2D eigenvalue weighted by Crippen LogP contribution is 2.25. The molecular weight excluding hydrogens is 314 g/mol. The maximum Gasteiger partial charge on any atom is 0.130 e. The van der Waals surface area contributed by atoms with E-state index in [0.29, 0.717) is 6.04 Å². The quantitative estimate of drug-likeness (QED) is 0.935. The molecule has 4 heteroatoms. The van der Waals surface area contributed by atoms with E-state index in [-0.39, 0.29) is 0 Å². The summed E-state index contributed by atoms with van der Waals surface area (Å²) in [6.07, 6.45) is 5.27. The Balaban J connectivity index is 1.88. The summed E-state index contributed by atoms with van der Waals surface area (Å²) in [6, 6.07) is 8.81. The number of aromatic nitrogens is 2. The summed E-state index contributed by atoms with van der Waals surface area (Å²) in [5, 5.41) is 3.50. The van der Waals surface area contributed by atoms with E-state index in [2.05, 4.69) is 51.4 Å². The van der Waals surface area contributed by atoms with Crippen molar-refractivity contribution in [2.75, 3.05) is 6.54 Å². The Morgan fingerprint density at radius 3 is 3.05 bits per heavy atom. The number of benzene rings is 1. The summed E-state index contributed by atoms with van der Waals surface area (Å²) in [6.45, 7) is 3.23. The molecule has 0 spiro atoms. The van der Waals surface area contributed by atoms with Gasteiger partial charge in [-0.15, -0.1) is 0 Å². The highest BCUT2D eigenvalue weighted by Gasteiger charge is 2.16. The molecule has 104 valence electrons. The van der Waals surface area contributed by atoms with E-state index < -0.39 is 0 Å². The maximum atomic E-state index is 4.74. The molecule has 3 rings (SSSR count). The zero-order chi connectivity index (χ0) is 13.9. The van der Waals surface area contributed by atoms with Gasteiger partial charge in [-0.3, -0.25) is 0 Å². The van der Waals surface area contributed by atoms with E-state index in [1.54, 1.807) is 0 Å². The first-order chi connectivity index (χ1) is 9.72. The van der Waals surface area contributed by atoms with Crippen LogP contribution in [0.1, 0.15) is 24.2 Å². The fourth-order valence-corrected chi connectivity index (χ4v) is 3.03. The predicted molar refractivity (Wildman–Crippen MR) is 84.6 cm³/mol. The highest BCUT2D eigenvalue weighted by molar-refractivity contribution is 9.10. The van der Waals surface area contributed by atoms with Crippen LogP contribution < -0.4 is 5.32 Å². The van der Waals surface area contributed by atoms with Crippen LogP contribution in [-0.2, 0) is 6.42 Å². The topological polar surface area (TPSA) is 37.8 Å². The number of hydrogen-bond acceptors (Lipinski definition) is 3. The van der Waals surface area contributed by atoms with E-state index in [9.17, 15) is 0 Å². The Labute approximate surface area is 128 Å². The first-order valence-electron chi connectivity index (χ1n) is 7.04. The molecule has 3 nitrogen and oxygen atoms in total. The molecule has 1 atom stereocenters. The second-order valence-corrected chi connectivity index (χ2v) is 6.23. The van der Waals surface area contributed by atoms with Crippen molar-refractivity contribution in [2.45, 2.75) is 32.2 Å². The Morgan fingerprint density at radius 1 is 1.35 bits per heavy atom. The Bertz CT molecular complexity index is 606. The summed E-state index contributed by atoms with van der Waals surface area (Å²) < 4.78 is 1.08. The monoisotopic (exact) mass is 331 g/mol. The van der Waals surface area contributed by atoms with Gasteiger partial charge in [-0.05, 0) is 50.1 Å². The molecule has 0 bridgehead atoms. The summed E-state index contributed by atoms with van der Waals surface area (Å²) in [4.78, 5) is 9.15. The fourth-order valence-electron chi connectivity index (χ4n) is 2.67. The van der Waals surface area contributed by atoms with Crippen molar-refractivity contribution in [3.63, 3.8) is 0 Å². The minimum Gasteiger partial charge on any atom is -0.314 e. The smallest absolute Gasteiger partial charge is 0.130 e. The largest absolute Gasteiger partial charge is 0.314 e. The first-order valence-corrected chi connectivity index (χ1v) is 7.83. The van der Waals surface area contributed by atoms with Gasteiger partial charge in [0.25, 0.3) is 0 Å². The summed E-state index contributed by atoms with van der Waals surface area (Å²) >= 11 is 3.53. The first kappa shape index (κ1) is 13.7. The molecule has 1 fully saturated rings. The van der Waals surface area contributed by atoms with Crippen molar-refractivity contribution in [1.29, 1.82) is 0 Å². The lowest BCUT2D eigenvalue weighted by atomic mass is 10.1. The van der Waals surface area contributed by atoms with Gasteiger partial charge in [0.05, 0.1) is 5.69 Å². The molecule has 1 saturated heterocycles. The van der Waals surface area contributed by atoms with Crippen LogP contribution in [-0.4, -0.2) is 22.6 Å². The molecule has 2 heterocycles. The van der Waals surface area contributed by atoms with Crippen molar-refractivity contribution in [3.8, 4) is 11.3 Å². The maximum absolute atomic E-state index is 4.74. The molecule has 0 amide bonds. The van der Waals surface area contributed by atoms with Crippen LogP contribution in [0.15, 0.2) is 34.9 Å². The Kier molecular flexibility index (Phi) is 4.13. The zero-order valence-electron chi connectivity index (χ0n) is 11.6. The lowest BCUT2D eigenvalue weighted by Gasteiger charge is -2.11. The molecule has 1 aromatic heterocycles. The van der Waals surface area contributed by atoms with Gasteiger partial charge in [-0.1, -0.05) is 22.0 Å². The second kappa shape index (κ2) is 6.02. The summed E-state index contributed by atoms with van der Waals surface area (Å²) in [5.74, 6) is 0.932. The molecule has 1 aliphatic heterocycles. The van der Waals surface area contributed by atoms with Crippen LogP contribution in [0.25, 0.3) is 11.3 Å². The van der Waals surface area contributed by atoms with E-state index >= 15 is 0 Å². The molecule has 0 saturated carbocycles. The van der Waals surface area contributed by atoms with Crippen molar-refractivity contribution in [1.82, 2.24) is 15.3 Å². The molecule has 1 aliphatic rings. The van der Waals surface area contributed by atoms with Gasteiger partial charge in [0.15, 0.2) is 0 Å². The lowest BCUT2D eigenvalue weighted by Crippen LogP contribution is -2.24. The van der Waals surface area contributed by atoms with Crippen LogP contribution >= 0.6 is 15.9 Å². The molecule has 1 unspecified atom stereocenters. The van der Waals surface area contributed by atoms with Gasteiger partial charge in [0.2, 0.25) is 0 Å². The number of aryl methyl sites for hydroxylation is 1. The van der Waals surface area contributed by atoms with Crippen LogP contribution in [0.2, 0.25) is 0 Å². The number of nitrogens with one attached hydrogen (secondary N) is 1. The normalized spacial score (nSPS) is 18.4. The van der Waals surface area contributed by atoms with Crippen molar-refractivity contribution < 1.29 is 0 Å². The third-order valence-electron chi connectivity index (χ3n) is 3.77. The van der Waals surface area contributed by atoms with E-state index in [1.807, 2.05) is 12.3 Å². The van der Waals surface area contributed by atoms with Crippen molar-refractivity contribution in [2.24, 2.45) is 0 Å². The fraction of sp³-hybridized carbons (Fsp3) is 0.375. The number of hydrogen-bond donors (Lipinski definition) is 1. The number of nitrogens with zero attached hydrogens (tertiary/aromatic N) is 2. The Morgan fingerprint density at radius 2 is 2.25 bits per heavy atom. The van der Waals surface area contributed by atoms with Crippen LogP contribution in [0.4, 0.5) is 0 Å². The van der Waals surface area contributed by atoms with Gasteiger partial charge < -0.3 is 5.32 Å². The van der Waals surface area contributed by atoms with Crippen LogP contribution in [0.5, 0.6) is 0 Å². The van der Waals surface area contributed by atoms with E-state index in [0.717, 1.165) is 29.0 Å². The predicted octanol–water partition coefficient (Wildman–Crippen LogP) is 3.51. The third kappa shape index (κ3) is 3.07. The van der Waals surface area contributed by atoms with Crippen molar-refractivity contribution >= 4 is 15.9 Å². The zero-order valence-corrected chi connectivity index (χ0v) is 13.2. The van der Waals surface area contributed by atoms with E-state index in [4.69, 9.17) is 4.98 Å². The lowest BCUT2D eigenvalue weighted by molar-refractivity contribution is 0.585. The van der Waals surface area contributed by atoms with Crippen molar-refractivity contribution in [3.05, 3.63) is 46.3 Å². The summed E-state index contributed by atoms with van der Waals surface area (Å²) in [5.41, 5.74) is 3.41. The molecule has 20 heavy (non-hydrogen) atoms. The van der Waals surface area contributed by atoms with Gasteiger partial charge >= 0.3 is 0 Å². The van der Waals surface area contributed by atoms with Crippen LogP contribution in [0, 0.1) is 6.92 Å². The average Bonchev–Trinajstić information content (AvgIpc) is 2.95. The minimum atomic E-state index is 0.536. The Hall–Kier alpha value is -1.26. The molecular formula is C16H18BrN3. The molecule has 0 aliphatic carbocycles. The minimum absolute atomic E-state index is 0.536. The number of rotatable bonds is 3. The second-order valence-electron chi connectivity index (χ2n) is 5.31. The van der Waals surface area contributed by atoms with E-state index in [1.165, 1.54) is 24.0 Å². The standard InChI is InChI=1S/C16H18BrN3/c1-11-4-5-12(17)9-14(11)15-6-8-19-16(20-15)10-13-3-2-7-18-13/h4-6,8-9,13,18H,2-3,7,10H2,1H3. The molecule has 1 aromatic carbocycles. The third-order valence-corrected chi connectivity index (χ3v) is 4.27. The van der Waals surface area contributed by atoms with Gasteiger partial charge in [-0.25, -0.2) is 9.97 Å². The van der Waals surface area contributed by atoms with Gasteiger partial charge in [-0.2, -0.15) is 0 Å². The molecule has 0 radical (unpaired) electrons.